The van der Waals surface area contributed by atoms with Crippen molar-refractivity contribution in [1.82, 2.24) is 10.6 Å². The van der Waals surface area contributed by atoms with Gasteiger partial charge < -0.3 is 31.6 Å². The Morgan fingerprint density at radius 2 is 1.03 bits per heavy atom. The van der Waals surface area contributed by atoms with E-state index in [9.17, 15) is 19.2 Å². The lowest BCUT2D eigenvalue weighted by molar-refractivity contribution is -0.139. The van der Waals surface area contributed by atoms with Crippen LogP contribution in [0.15, 0.2) is 48.5 Å². The van der Waals surface area contributed by atoms with Crippen LogP contribution < -0.4 is 22.1 Å². The molecule has 0 heterocycles. The molecule has 10 heteroatoms. The van der Waals surface area contributed by atoms with Gasteiger partial charge >= 0.3 is 23.8 Å². The second-order valence-corrected chi connectivity index (χ2v) is 5.96. The Kier molecular flexibility index (Phi) is 8.18. The van der Waals surface area contributed by atoms with Gasteiger partial charge in [0.25, 0.3) is 0 Å². The van der Waals surface area contributed by atoms with Gasteiger partial charge in [0.2, 0.25) is 0 Å². The fourth-order valence-electron chi connectivity index (χ4n) is 2.30. The third-order valence-electron chi connectivity index (χ3n) is 3.81. The van der Waals surface area contributed by atoms with Gasteiger partial charge in [-0.1, -0.05) is 24.3 Å². The van der Waals surface area contributed by atoms with E-state index in [0.717, 1.165) is 0 Å². The molecule has 2 aromatic rings. The molecule has 6 N–H and O–H groups in total. The smallest absolute Gasteiger partial charge is 0.340 e. The van der Waals surface area contributed by atoms with Gasteiger partial charge in [-0.3, -0.25) is 9.59 Å². The first-order chi connectivity index (χ1) is 14.4. The highest BCUT2D eigenvalue weighted by atomic mass is 16.5. The van der Waals surface area contributed by atoms with E-state index in [-0.39, 0.29) is 48.8 Å². The van der Waals surface area contributed by atoms with Crippen molar-refractivity contribution in [2.24, 2.45) is 0 Å². The molecule has 0 saturated carbocycles. The van der Waals surface area contributed by atoms with E-state index in [0.29, 0.717) is 0 Å². The van der Waals surface area contributed by atoms with Gasteiger partial charge in [-0.05, 0) is 24.3 Å². The number of hydrogen-bond donors (Lipinski definition) is 4. The van der Waals surface area contributed by atoms with Crippen LogP contribution in [0, 0.1) is 0 Å². The van der Waals surface area contributed by atoms with Gasteiger partial charge in [0, 0.05) is 11.4 Å². The van der Waals surface area contributed by atoms with Gasteiger partial charge in [-0.25, -0.2) is 9.59 Å². The summed E-state index contributed by atoms with van der Waals surface area (Å²) in [6.07, 6.45) is 0. The number of rotatable bonds is 8. The highest BCUT2D eigenvalue weighted by molar-refractivity contribution is 6.35. The zero-order chi connectivity index (χ0) is 21.9. The molecule has 0 aliphatic rings. The number of amides is 2. The van der Waals surface area contributed by atoms with Gasteiger partial charge in [-0.15, -0.1) is 0 Å². The van der Waals surface area contributed by atoms with Crippen molar-refractivity contribution < 1.29 is 28.7 Å². The van der Waals surface area contributed by atoms with Crippen LogP contribution in [0.2, 0.25) is 0 Å². The van der Waals surface area contributed by atoms with Crippen LogP contribution in [-0.4, -0.2) is 50.1 Å². The van der Waals surface area contributed by atoms with Crippen molar-refractivity contribution in [2.45, 2.75) is 0 Å². The molecule has 158 valence electrons. The molecule has 10 nitrogen and oxygen atoms in total. The number of esters is 2. The molecule has 0 atom stereocenters. The van der Waals surface area contributed by atoms with Crippen molar-refractivity contribution in [3.05, 3.63) is 59.7 Å². The highest BCUT2D eigenvalue weighted by Gasteiger charge is 2.15. The van der Waals surface area contributed by atoms with E-state index >= 15 is 0 Å². The predicted octanol–water partition coefficient (Wildman–Crippen LogP) is 0.0972. The summed E-state index contributed by atoms with van der Waals surface area (Å²) in [5, 5.41) is 4.61. The maximum absolute atomic E-state index is 11.9. The monoisotopic (exact) mass is 414 g/mol. The number of benzene rings is 2. The molecule has 0 spiro atoms. The van der Waals surface area contributed by atoms with E-state index in [1.807, 2.05) is 0 Å². The van der Waals surface area contributed by atoms with Gasteiger partial charge in [0.15, 0.2) is 0 Å². The van der Waals surface area contributed by atoms with Crippen molar-refractivity contribution in [3.8, 4) is 0 Å². The van der Waals surface area contributed by atoms with Crippen LogP contribution in [0.5, 0.6) is 0 Å². The van der Waals surface area contributed by atoms with Crippen LogP contribution in [0.4, 0.5) is 11.4 Å². The number of nitrogens with two attached hydrogens (primary N) is 2. The van der Waals surface area contributed by atoms with Crippen LogP contribution in [-0.2, 0) is 19.1 Å². The molecule has 0 saturated heterocycles. The standard InChI is InChI=1S/C20H22N4O6/c21-15-7-3-1-5-13(15)19(27)29-11-9-23-17(25)18(26)24-10-12-30-20(28)14-6-2-4-8-16(14)22/h1-8H,9-12,21-22H2,(H,23,25)(H,24,26). The Labute approximate surface area is 172 Å². The fourth-order valence-corrected chi connectivity index (χ4v) is 2.30. The number of para-hydroxylation sites is 2. The summed E-state index contributed by atoms with van der Waals surface area (Å²) >= 11 is 0. The summed E-state index contributed by atoms with van der Waals surface area (Å²) in [6, 6.07) is 12.8. The van der Waals surface area contributed by atoms with E-state index < -0.39 is 23.8 Å². The first kappa shape index (κ1) is 22.2. The number of anilines is 2. The Hall–Kier alpha value is -4.08. The molecular formula is C20H22N4O6. The Balaban J connectivity index is 1.61. The largest absolute Gasteiger partial charge is 0.460 e. The van der Waals surface area contributed by atoms with E-state index in [2.05, 4.69) is 10.6 Å². The molecule has 2 amide bonds. The summed E-state index contributed by atoms with van der Waals surface area (Å²) in [7, 11) is 0. The van der Waals surface area contributed by atoms with Gasteiger partial charge in [0.1, 0.15) is 13.2 Å². The number of carbonyl (C=O) groups is 4. The molecule has 2 rings (SSSR count). The topological polar surface area (TPSA) is 163 Å². The maximum atomic E-state index is 11.9. The van der Waals surface area contributed by atoms with Crippen LogP contribution in [0.1, 0.15) is 20.7 Å². The third kappa shape index (κ3) is 6.51. The number of nitrogens with one attached hydrogen (secondary N) is 2. The third-order valence-corrected chi connectivity index (χ3v) is 3.81. The Bertz CT molecular complexity index is 856. The summed E-state index contributed by atoms with van der Waals surface area (Å²) in [4.78, 5) is 47.1. The predicted molar refractivity (Wildman–Crippen MR) is 108 cm³/mol. The van der Waals surface area contributed by atoms with E-state index in [1.54, 1.807) is 36.4 Å². The minimum atomic E-state index is -0.913. The molecule has 30 heavy (non-hydrogen) atoms. The molecular weight excluding hydrogens is 392 g/mol. The van der Waals surface area contributed by atoms with Crippen molar-refractivity contribution in [1.29, 1.82) is 0 Å². The summed E-state index contributed by atoms with van der Waals surface area (Å²) in [5.74, 6) is -3.09. The van der Waals surface area contributed by atoms with Crippen LogP contribution in [0.3, 0.4) is 0 Å². The fraction of sp³-hybridized carbons (Fsp3) is 0.200. The zero-order valence-corrected chi connectivity index (χ0v) is 16.1. The molecule has 0 radical (unpaired) electrons. The summed E-state index contributed by atoms with van der Waals surface area (Å²) < 4.78 is 9.97. The Morgan fingerprint density at radius 3 is 1.40 bits per heavy atom. The lowest BCUT2D eigenvalue weighted by atomic mass is 10.2. The second kappa shape index (κ2) is 11.1. The van der Waals surface area contributed by atoms with Crippen molar-refractivity contribution in [2.75, 3.05) is 37.8 Å². The first-order valence-corrected chi connectivity index (χ1v) is 8.99. The van der Waals surface area contributed by atoms with Crippen molar-refractivity contribution >= 4 is 35.1 Å². The quantitative estimate of drug-likeness (QED) is 0.204. The van der Waals surface area contributed by atoms with E-state index in [4.69, 9.17) is 20.9 Å². The number of carbonyl (C=O) groups excluding carboxylic acids is 4. The maximum Gasteiger partial charge on any atom is 0.340 e. The molecule has 2 aromatic carbocycles. The number of ether oxygens (including phenoxy) is 2. The summed E-state index contributed by atoms with van der Waals surface area (Å²) in [6.45, 7) is -0.398. The number of nitrogen functional groups attached to an aromatic ring is 2. The molecule has 0 bridgehead atoms. The minimum absolute atomic E-state index is 0.0625. The number of hydrogen-bond acceptors (Lipinski definition) is 8. The molecule has 0 aliphatic heterocycles. The minimum Gasteiger partial charge on any atom is -0.460 e. The van der Waals surface area contributed by atoms with Crippen molar-refractivity contribution in [3.63, 3.8) is 0 Å². The van der Waals surface area contributed by atoms with Crippen LogP contribution in [0.25, 0.3) is 0 Å². The highest BCUT2D eigenvalue weighted by Crippen LogP contribution is 2.12. The van der Waals surface area contributed by atoms with Gasteiger partial charge in [0.05, 0.1) is 24.2 Å². The Morgan fingerprint density at radius 1 is 0.667 bits per heavy atom. The second-order valence-electron chi connectivity index (χ2n) is 5.96. The lowest BCUT2D eigenvalue weighted by Gasteiger charge is -2.09. The van der Waals surface area contributed by atoms with Crippen LogP contribution >= 0.6 is 0 Å². The zero-order valence-electron chi connectivity index (χ0n) is 16.1. The molecule has 0 unspecified atom stereocenters. The lowest BCUT2D eigenvalue weighted by Crippen LogP contribution is -2.42. The normalized spacial score (nSPS) is 10.0. The van der Waals surface area contributed by atoms with Gasteiger partial charge in [-0.2, -0.15) is 0 Å². The summed E-state index contributed by atoms with van der Waals surface area (Å²) in [5.41, 5.74) is 12.3. The average molecular weight is 414 g/mol. The first-order valence-electron chi connectivity index (χ1n) is 8.99. The average Bonchev–Trinajstić information content (AvgIpc) is 2.74. The molecule has 0 fully saturated rings. The SMILES string of the molecule is Nc1ccccc1C(=O)OCCNC(=O)C(=O)NCCOC(=O)c1ccccc1N. The molecule has 0 aromatic heterocycles. The molecule has 0 aliphatic carbocycles. The van der Waals surface area contributed by atoms with E-state index in [1.165, 1.54) is 12.1 Å².